The molecule has 2 amide bonds. The quantitative estimate of drug-likeness (QED) is 0.187. The van der Waals surface area contributed by atoms with Crippen LogP contribution in [0.5, 0.6) is 5.75 Å². The molecule has 53 heavy (non-hydrogen) atoms. The Hall–Kier alpha value is -5.42. The Labute approximate surface area is 313 Å². The third kappa shape index (κ3) is 6.58. The van der Waals surface area contributed by atoms with Gasteiger partial charge in [-0.05, 0) is 91.6 Å². The maximum atomic E-state index is 14.8. The van der Waals surface area contributed by atoms with Gasteiger partial charge in [-0.25, -0.2) is 4.98 Å². The first-order valence-corrected chi connectivity index (χ1v) is 18.2. The van der Waals surface area contributed by atoms with Gasteiger partial charge in [0.25, 0.3) is 11.8 Å². The van der Waals surface area contributed by atoms with Gasteiger partial charge >= 0.3 is 0 Å². The molecule has 0 unspecified atom stereocenters. The Morgan fingerprint density at radius 3 is 2.47 bits per heavy atom. The number of anilines is 2. The largest absolute Gasteiger partial charge is 0.508 e. The van der Waals surface area contributed by atoms with Crippen molar-refractivity contribution in [3.8, 4) is 11.4 Å². The molecule has 11 heteroatoms. The highest BCUT2D eigenvalue weighted by Gasteiger charge is 2.34. The number of aromatic nitrogens is 3. The maximum Gasteiger partial charge on any atom is 0.264 e. The summed E-state index contributed by atoms with van der Waals surface area (Å²) in [6.07, 6.45) is 6.18. The van der Waals surface area contributed by atoms with Crippen molar-refractivity contribution in [2.45, 2.75) is 32.9 Å². The fourth-order valence-electron chi connectivity index (χ4n) is 7.64. The molecule has 2 aliphatic heterocycles. The molecule has 3 aromatic carbocycles. The van der Waals surface area contributed by atoms with Crippen molar-refractivity contribution < 1.29 is 19.4 Å². The van der Waals surface area contributed by atoms with E-state index in [1.165, 1.54) is 5.56 Å². The number of morpholine rings is 1. The number of fused-ring (bicyclic) bond motifs is 2. The summed E-state index contributed by atoms with van der Waals surface area (Å²) in [5, 5.41) is 11.5. The number of aryl methyl sites for hydroxylation is 1. The van der Waals surface area contributed by atoms with Crippen LogP contribution in [0.4, 0.5) is 11.4 Å². The third-order valence-corrected chi connectivity index (χ3v) is 10.9. The summed E-state index contributed by atoms with van der Waals surface area (Å²) in [5.41, 5.74) is 7.51. The van der Waals surface area contributed by atoms with Gasteiger partial charge in [0.15, 0.2) is 0 Å². The van der Waals surface area contributed by atoms with Crippen molar-refractivity contribution in [3.63, 3.8) is 0 Å². The molecule has 0 aliphatic carbocycles. The zero-order valence-electron chi connectivity index (χ0n) is 30.0. The molecule has 8 rings (SSSR count). The van der Waals surface area contributed by atoms with Gasteiger partial charge in [0.2, 0.25) is 0 Å². The lowest BCUT2D eigenvalue weighted by atomic mass is 9.92. The summed E-state index contributed by atoms with van der Waals surface area (Å²) in [6.45, 7) is 8.16. The topological polar surface area (TPSA) is 96.1 Å². The first kappa shape index (κ1) is 34.7. The second-order valence-electron chi connectivity index (χ2n) is 13.9. The molecule has 0 bridgehead atoms. The number of hydrogen-bond acceptors (Lipinski definition) is 6. The van der Waals surface area contributed by atoms with Gasteiger partial charge in [-0.2, -0.15) is 0 Å². The number of phenolic OH excluding ortho intramolecular Hbond substituents is 1. The van der Waals surface area contributed by atoms with E-state index >= 15 is 0 Å². The monoisotopic (exact) mass is 728 g/mol. The summed E-state index contributed by atoms with van der Waals surface area (Å²) in [7, 11) is 1.93. The molecule has 1 saturated heterocycles. The van der Waals surface area contributed by atoms with Crippen LogP contribution >= 0.6 is 11.6 Å². The molecule has 0 radical (unpaired) electrons. The second-order valence-corrected chi connectivity index (χ2v) is 14.4. The van der Waals surface area contributed by atoms with Crippen LogP contribution in [0.1, 0.15) is 43.1 Å². The SMILES string of the molecule is Cc1c(C(=O)N(c2ccc(O)cc2)c2cnc3c(ccn3C)c2)cn(-c2cc(Cl)ccc2C(=O)N2Cc3ccccc3C[C@H]2CN2CCOCC2)c1C. The summed E-state index contributed by atoms with van der Waals surface area (Å²) in [5.74, 6) is -0.269. The lowest BCUT2D eigenvalue weighted by Crippen LogP contribution is -2.52. The normalized spacial score (nSPS) is 16.2. The zero-order chi connectivity index (χ0) is 36.8. The van der Waals surface area contributed by atoms with Gasteiger partial charge in [-0.1, -0.05) is 35.9 Å². The molecule has 1 atom stereocenters. The molecular weight excluding hydrogens is 688 g/mol. The lowest BCUT2D eigenvalue weighted by Gasteiger charge is -2.40. The number of amides is 2. The van der Waals surface area contributed by atoms with E-state index in [2.05, 4.69) is 28.1 Å². The number of aromatic hydroxyl groups is 1. The van der Waals surface area contributed by atoms with Crippen molar-refractivity contribution in [1.29, 1.82) is 0 Å². The molecule has 1 fully saturated rings. The Kier molecular flexibility index (Phi) is 9.28. The molecule has 5 heterocycles. The first-order valence-electron chi connectivity index (χ1n) is 17.9. The van der Waals surface area contributed by atoms with Crippen LogP contribution in [-0.2, 0) is 24.8 Å². The highest BCUT2D eigenvalue weighted by atomic mass is 35.5. The number of rotatable bonds is 7. The summed E-state index contributed by atoms with van der Waals surface area (Å²) < 4.78 is 9.45. The standard InChI is InChI=1S/C42H41ClN6O4/c1-27-28(2)47(26-38(27)42(52)49(33-9-11-36(50)12-10-33)34-21-30-14-15-45(3)40(30)44-23-34)39-22-32(43)8-13-37(39)41(51)48-24-31-7-5-4-6-29(31)20-35(48)25-46-16-18-53-19-17-46/h4-15,21-23,26,35,50H,16-20,24-25H2,1-3H3/t35-/m0/s1. The van der Waals surface area contributed by atoms with Crippen LogP contribution in [0.2, 0.25) is 5.02 Å². The Morgan fingerprint density at radius 2 is 1.70 bits per heavy atom. The average Bonchev–Trinajstić information content (AvgIpc) is 3.69. The van der Waals surface area contributed by atoms with Crippen molar-refractivity contribution in [1.82, 2.24) is 23.9 Å². The summed E-state index contributed by atoms with van der Waals surface area (Å²) in [6, 6.07) is 24.1. The predicted molar refractivity (Wildman–Crippen MR) is 207 cm³/mol. The van der Waals surface area contributed by atoms with Gasteiger partial charge in [0.1, 0.15) is 11.4 Å². The van der Waals surface area contributed by atoms with E-state index in [1.807, 2.05) is 59.3 Å². The number of nitrogens with zero attached hydrogens (tertiary/aromatic N) is 6. The number of halogens is 1. The molecule has 2 aliphatic rings. The van der Waals surface area contributed by atoms with E-state index in [0.717, 1.165) is 53.9 Å². The van der Waals surface area contributed by atoms with Gasteiger partial charge in [0, 0.05) is 73.5 Å². The van der Waals surface area contributed by atoms with E-state index < -0.39 is 0 Å². The van der Waals surface area contributed by atoms with E-state index in [0.29, 0.717) is 53.0 Å². The minimum absolute atomic E-state index is 0.0295. The lowest BCUT2D eigenvalue weighted by molar-refractivity contribution is 0.0193. The van der Waals surface area contributed by atoms with Crippen LogP contribution < -0.4 is 4.90 Å². The molecule has 0 spiro atoms. The summed E-state index contributed by atoms with van der Waals surface area (Å²) in [4.78, 5) is 40.3. The molecule has 270 valence electrons. The van der Waals surface area contributed by atoms with Crippen molar-refractivity contribution in [2.75, 3.05) is 37.7 Å². The minimum atomic E-state index is -0.278. The minimum Gasteiger partial charge on any atom is -0.508 e. The van der Waals surface area contributed by atoms with Crippen molar-refractivity contribution in [2.24, 2.45) is 7.05 Å². The van der Waals surface area contributed by atoms with Crippen LogP contribution in [0.25, 0.3) is 16.7 Å². The number of ether oxygens (including phenoxy) is 1. The first-order chi connectivity index (χ1) is 25.7. The van der Waals surface area contributed by atoms with Crippen LogP contribution in [0.15, 0.2) is 97.5 Å². The van der Waals surface area contributed by atoms with E-state index in [4.69, 9.17) is 16.3 Å². The number of carbonyl (C=O) groups excluding carboxylic acids is 2. The van der Waals surface area contributed by atoms with Crippen molar-refractivity contribution in [3.05, 3.63) is 136 Å². The fourth-order valence-corrected chi connectivity index (χ4v) is 7.81. The molecule has 1 N–H and O–H groups in total. The number of phenols is 1. The third-order valence-electron chi connectivity index (χ3n) is 10.7. The molecule has 10 nitrogen and oxygen atoms in total. The van der Waals surface area contributed by atoms with Crippen LogP contribution in [-0.4, -0.2) is 79.7 Å². The number of hydrogen-bond donors (Lipinski definition) is 1. The highest BCUT2D eigenvalue weighted by molar-refractivity contribution is 6.31. The van der Waals surface area contributed by atoms with E-state index in [1.54, 1.807) is 59.8 Å². The van der Waals surface area contributed by atoms with Crippen LogP contribution in [0, 0.1) is 13.8 Å². The Bertz CT molecular complexity index is 2340. The maximum absolute atomic E-state index is 14.8. The van der Waals surface area contributed by atoms with Gasteiger partial charge < -0.3 is 23.9 Å². The van der Waals surface area contributed by atoms with Gasteiger partial charge in [0.05, 0.1) is 41.9 Å². The Morgan fingerprint density at radius 1 is 0.943 bits per heavy atom. The smallest absolute Gasteiger partial charge is 0.264 e. The predicted octanol–water partition coefficient (Wildman–Crippen LogP) is 7.22. The fraction of sp³-hybridized carbons (Fsp3) is 0.262. The number of benzene rings is 3. The van der Waals surface area contributed by atoms with Gasteiger partial charge in [-0.15, -0.1) is 0 Å². The molecule has 6 aromatic rings. The van der Waals surface area contributed by atoms with Gasteiger partial charge in [-0.3, -0.25) is 19.4 Å². The highest BCUT2D eigenvalue weighted by Crippen LogP contribution is 2.35. The summed E-state index contributed by atoms with van der Waals surface area (Å²) >= 11 is 6.65. The van der Waals surface area contributed by atoms with E-state index in [9.17, 15) is 14.7 Å². The number of pyridine rings is 1. The van der Waals surface area contributed by atoms with Crippen molar-refractivity contribution >= 4 is 45.8 Å². The molecule has 0 saturated carbocycles. The number of carbonyl (C=O) groups is 2. The second kappa shape index (κ2) is 14.2. The zero-order valence-corrected chi connectivity index (χ0v) is 30.8. The molecule has 3 aromatic heterocycles. The average molecular weight is 729 g/mol. The van der Waals surface area contributed by atoms with Crippen LogP contribution in [0.3, 0.4) is 0 Å². The van der Waals surface area contributed by atoms with E-state index in [-0.39, 0.29) is 23.6 Å². The Balaban J connectivity index is 1.18. The molecular formula is C42H41ClN6O4.